The van der Waals surface area contributed by atoms with Gasteiger partial charge in [0.1, 0.15) is 5.82 Å². The van der Waals surface area contributed by atoms with E-state index in [1.165, 1.54) is 23.1 Å². The molecule has 1 aromatic heterocycles. The molecule has 0 aliphatic carbocycles. The van der Waals surface area contributed by atoms with Crippen molar-refractivity contribution in [1.82, 2.24) is 14.8 Å². The molecule has 2 aliphatic rings. The second kappa shape index (κ2) is 9.61. The largest absolute Gasteiger partial charge is 0.354 e. The molecule has 5 heteroatoms. The molecular weight excluding hydrogens is 372 g/mol. The van der Waals surface area contributed by atoms with E-state index in [-0.39, 0.29) is 5.91 Å². The molecule has 1 atom stereocenters. The number of carbonyl (C=O) groups is 1. The summed E-state index contributed by atoms with van der Waals surface area (Å²) in [6.07, 6.45) is 4.75. The highest BCUT2D eigenvalue weighted by Gasteiger charge is 2.27. The van der Waals surface area contributed by atoms with Crippen LogP contribution in [0.15, 0.2) is 42.6 Å². The zero-order valence-corrected chi connectivity index (χ0v) is 18.4. The fourth-order valence-electron chi connectivity index (χ4n) is 4.77. The summed E-state index contributed by atoms with van der Waals surface area (Å²) in [6, 6.07) is 12.5. The third kappa shape index (κ3) is 5.20. The van der Waals surface area contributed by atoms with Crippen LogP contribution in [0.5, 0.6) is 0 Å². The molecule has 30 heavy (non-hydrogen) atoms. The lowest BCUT2D eigenvalue weighted by Crippen LogP contribution is -2.50. The van der Waals surface area contributed by atoms with Gasteiger partial charge in [0.2, 0.25) is 5.91 Å². The van der Waals surface area contributed by atoms with Gasteiger partial charge in [-0.15, -0.1) is 0 Å². The van der Waals surface area contributed by atoms with Crippen LogP contribution in [0.2, 0.25) is 0 Å². The van der Waals surface area contributed by atoms with Crippen molar-refractivity contribution in [2.75, 3.05) is 50.7 Å². The second-order valence-corrected chi connectivity index (χ2v) is 8.93. The van der Waals surface area contributed by atoms with E-state index < -0.39 is 0 Å². The Morgan fingerprint density at radius 2 is 1.90 bits per heavy atom. The first-order chi connectivity index (χ1) is 14.6. The molecule has 160 valence electrons. The minimum Gasteiger partial charge on any atom is -0.354 e. The molecule has 2 aliphatic heterocycles. The molecule has 0 spiro atoms. The van der Waals surface area contributed by atoms with Gasteiger partial charge in [0.15, 0.2) is 0 Å². The Morgan fingerprint density at radius 1 is 1.07 bits per heavy atom. The van der Waals surface area contributed by atoms with E-state index in [0.717, 1.165) is 58.1 Å². The third-order valence-electron chi connectivity index (χ3n) is 6.58. The Kier molecular flexibility index (Phi) is 6.68. The van der Waals surface area contributed by atoms with Crippen LogP contribution in [-0.4, -0.2) is 66.5 Å². The number of nitrogens with zero attached hydrogens (tertiary/aromatic N) is 4. The molecule has 1 aromatic carbocycles. The Balaban J connectivity index is 1.27. The molecule has 3 heterocycles. The first-order valence-corrected chi connectivity index (χ1v) is 11.3. The number of likely N-dealkylation sites (tertiary alicyclic amines) is 1. The van der Waals surface area contributed by atoms with Crippen LogP contribution in [0, 0.1) is 19.8 Å². The maximum Gasteiger partial charge on any atom is 0.227 e. The van der Waals surface area contributed by atoms with Gasteiger partial charge in [-0.05, 0) is 55.9 Å². The number of carbonyl (C=O) groups excluding carboxylic acids is 1. The normalized spacial score (nSPS) is 20.4. The zero-order chi connectivity index (χ0) is 20.9. The summed E-state index contributed by atoms with van der Waals surface area (Å²) in [5.41, 5.74) is 3.62. The number of piperazine rings is 1. The second-order valence-electron chi connectivity index (χ2n) is 8.93. The molecule has 0 N–H and O–H groups in total. The summed E-state index contributed by atoms with van der Waals surface area (Å²) < 4.78 is 0. The summed E-state index contributed by atoms with van der Waals surface area (Å²) in [5, 5.41) is 0. The number of rotatable bonds is 5. The van der Waals surface area contributed by atoms with Crippen molar-refractivity contribution in [2.45, 2.75) is 33.1 Å². The van der Waals surface area contributed by atoms with Gasteiger partial charge in [0.05, 0.1) is 6.42 Å². The zero-order valence-electron chi connectivity index (χ0n) is 18.4. The van der Waals surface area contributed by atoms with Crippen LogP contribution in [0.1, 0.15) is 29.5 Å². The minimum absolute atomic E-state index is 0.286. The standard InChI is InChI=1S/C25H34N4O/c1-20-8-9-21(2)23(16-20)17-25(30)29-11-5-6-22(19-29)18-27-12-14-28(15-13-27)24-7-3-4-10-26-24/h3-4,7-10,16,22H,5-6,11-15,17-19H2,1-2H3. The predicted molar refractivity (Wildman–Crippen MR) is 122 cm³/mol. The van der Waals surface area contributed by atoms with Crippen LogP contribution in [0.25, 0.3) is 0 Å². The molecular formula is C25H34N4O. The number of benzene rings is 1. The van der Waals surface area contributed by atoms with E-state index >= 15 is 0 Å². The fraction of sp³-hybridized carbons (Fsp3) is 0.520. The number of aryl methyl sites for hydroxylation is 2. The Hall–Kier alpha value is -2.40. The smallest absolute Gasteiger partial charge is 0.227 e. The highest BCUT2D eigenvalue weighted by atomic mass is 16.2. The quantitative estimate of drug-likeness (QED) is 0.764. The molecule has 0 bridgehead atoms. The van der Waals surface area contributed by atoms with Gasteiger partial charge in [0.25, 0.3) is 0 Å². The average Bonchev–Trinajstić information content (AvgIpc) is 2.77. The van der Waals surface area contributed by atoms with Crippen molar-refractivity contribution in [3.63, 3.8) is 0 Å². The molecule has 1 unspecified atom stereocenters. The lowest BCUT2D eigenvalue weighted by molar-refractivity contribution is -0.132. The molecule has 2 saturated heterocycles. The van der Waals surface area contributed by atoms with E-state index in [9.17, 15) is 4.79 Å². The molecule has 0 radical (unpaired) electrons. The van der Waals surface area contributed by atoms with Gasteiger partial charge in [0, 0.05) is 52.0 Å². The SMILES string of the molecule is Cc1ccc(C)c(CC(=O)N2CCCC(CN3CCN(c4ccccn4)CC3)C2)c1. The Labute approximate surface area is 180 Å². The molecule has 4 rings (SSSR count). The summed E-state index contributed by atoms with van der Waals surface area (Å²) >= 11 is 0. The molecule has 2 fully saturated rings. The lowest BCUT2D eigenvalue weighted by Gasteiger charge is -2.39. The average molecular weight is 407 g/mol. The number of pyridine rings is 1. The highest BCUT2D eigenvalue weighted by molar-refractivity contribution is 5.79. The Morgan fingerprint density at radius 3 is 2.67 bits per heavy atom. The summed E-state index contributed by atoms with van der Waals surface area (Å²) in [6.45, 7) is 11.3. The van der Waals surface area contributed by atoms with E-state index in [2.05, 4.69) is 63.9 Å². The van der Waals surface area contributed by atoms with Gasteiger partial charge < -0.3 is 9.80 Å². The first-order valence-electron chi connectivity index (χ1n) is 11.3. The van der Waals surface area contributed by atoms with Gasteiger partial charge in [-0.2, -0.15) is 0 Å². The summed E-state index contributed by atoms with van der Waals surface area (Å²) in [7, 11) is 0. The molecule has 2 aromatic rings. The summed E-state index contributed by atoms with van der Waals surface area (Å²) in [5.74, 6) is 1.95. The van der Waals surface area contributed by atoms with E-state index in [4.69, 9.17) is 0 Å². The molecule has 1 amide bonds. The van der Waals surface area contributed by atoms with E-state index in [1.54, 1.807) is 0 Å². The van der Waals surface area contributed by atoms with Crippen LogP contribution in [0.4, 0.5) is 5.82 Å². The van der Waals surface area contributed by atoms with Crippen molar-refractivity contribution in [2.24, 2.45) is 5.92 Å². The first kappa shape index (κ1) is 20.9. The number of amides is 1. The van der Waals surface area contributed by atoms with Crippen LogP contribution >= 0.6 is 0 Å². The Bertz CT molecular complexity index is 845. The topological polar surface area (TPSA) is 39.7 Å². The van der Waals surface area contributed by atoms with Gasteiger partial charge in [-0.3, -0.25) is 9.69 Å². The maximum absolute atomic E-state index is 13.0. The number of aromatic nitrogens is 1. The van der Waals surface area contributed by atoms with Gasteiger partial charge in [-0.1, -0.05) is 29.8 Å². The van der Waals surface area contributed by atoms with Crippen molar-refractivity contribution in [1.29, 1.82) is 0 Å². The summed E-state index contributed by atoms with van der Waals surface area (Å²) in [4.78, 5) is 24.5. The van der Waals surface area contributed by atoms with E-state index in [0.29, 0.717) is 12.3 Å². The number of anilines is 1. The third-order valence-corrected chi connectivity index (χ3v) is 6.58. The lowest BCUT2D eigenvalue weighted by atomic mass is 9.96. The maximum atomic E-state index is 13.0. The van der Waals surface area contributed by atoms with Crippen molar-refractivity contribution >= 4 is 11.7 Å². The minimum atomic E-state index is 0.286. The van der Waals surface area contributed by atoms with E-state index in [1.807, 2.05) is 12.3 Å². The number of hydrogen-bond donors (Lipinski definition) is 0. The number of hydrogen-bond acceptors (Lipinski definition) is 4. The van der Waals surface area contributed by atoms with Crippen LogP contribution in [0.3, 0.4) is 0 Å². The van der Waals surface area contributed by atoms with Crippen molar-refractivity contribution in [3.05, 3.63) is 59.3 Å². The molecule has 0 saturated carbocycles. The van der Waals surface area contributed by atoms with Crippen molar-refractivity contribution < 1.29 is 4.79 Å². The molecule has 5 nitrogen and oxygen atoms in total. The van der Waals surface area contributed by atoms with Crippen LogP contribution in [-0.2, 0) is 11.2 Å². The fourth-order valence-corrected chi connectivity index (χ4v) is 4.77. The number of piperidine rings is 1. The van der Waals surface area contributed by atoms with Gasteiger partial charge in [-0.25, -0.2) is 4.98 Å². The van der Waals surface area contributed by atoms with Gasteiger partial charge >= 0.3 is 0 Å². The monoisotopic (exact) mass is 406 g/mol. The highest BCUT2D eigenvalue weighted by Crippen LogP contribution is 2.21. The van der Waals surface area contributed by atoms with Crippen molar-refractivity contribution in [3.8, 4) is 0 Å². The van der Waals surface area contributed by atoms with Crippen LogP contribution < -0.4 is 4.90 Å². The predicted octanol–water partition coefficient (Wildman–Crippen LogP) is 3.30.